The molecule has 0 fully saturated rings. The maximum atomic E-state index is 10.8. The maximum Gasteiger partial charge on any atom is 0.305 e. The summed E-state index contributed by atoms with van der Waals surface area (Å²) in [6, 6.07) is 7.41. The van der Waals surface area contributed by atoms with Crippen LogP contribution in [0.1, 0.15) is 38.8 Å². The molecule has 4 heteroatoms. The van der Waals surface area contributed by atoms with Crippen LogP contribution in [0.2, 0.25) is 0 Å². The molecule has 0 aliphatic heterocycles. The van der Waals surface area contributed by atoms with Gasteiger partial charge in [0.2, 0.25) is 0 Å². The second-order valence-corrected chi connectivity index (χ2v) is 4.45. The highest BCUT2D eigenvalue weighted by molar-refractivity contribution is 5.68. The van der Waals surface area contributed by atoms with Crippen molar-refractivity contribution >= 4 is 5.97 Å². The Morgan fingerprint density at radius 1 is 1.44 bits per heavy atom. The van der Waals surface area contributed by atoms with Crippen LogP contribution < -0.4 is 10.1 Å². The molecule has 1 atom stereocenters. The van der Waals surface area contributed by atoms with Crippen molar-refractivity contribution < 1.29 is 14.6 Å². The number of carbonyl (C=O) groups is 1. The number of nitrogens with one attached hydrogen (secondary N) is 1. The fourth-order valence-electron chi connectivity index (χ4n) is 1.81. The van der Waals surface area contributed by atoms with Gasteiger partial charge in [0.05, 0.1) is 12.5 Å². The molecular formula is C14H21NO3. The number of hydrogen-bond donors (Lipinski definition) is 2. The lowest BCUT2D eigenvalue weighted by molar-refractivity contribution is -0.137. The molecule has 0 spiro atoms. The molecule has 1 aromatic carbocycles. The molecule has 0 bridgehead atoms. The SMILES string of the molecule is CCNC(CC(=O)O)c1cccc(OC(C)C)c1. The summed E-state index contributed by atoms with van der Waals surface area (Å²) in [5, 5.41) is 12.1. The number of benzene rings is 1. The third-order valence-electron chi connectivity index (χ3n) is 2.46. The predicted octanol–water partition coefficient (Wildman–Crippen LogP) is 2.60. The number of hydrogen-bond acceptors (Lipinski definition) is 3. The van der Waals surface area contributed by atoms with Gasteiger partial charge in [0.25, 0.3) is 0 Å². The van der Waals surface area contributed by atoms with Crippen molar-refractivity contribution in [3.63, 3.8) is 0 Å². The van der Waals surface area contributed by atoms with Gasteiger partial charge in [-0.25, -0.2) is 0 Å². The highest BCUT2D eigenvalue weighted by atomic mass is 16.5. The lowest BCUT2D eigenvalue weighted by atomic mass is 10.0. The van der Waals surface area contributed by atoms with E-state index in [-0.39, 0.29) is 18.6 Å². The van der Waals surface area contributed by atoms with E-state index in [0.717, 1.165) is 17.9 Å². The van der Waals surface area contributed by atoms with Crippen molar-refractivity contribution in [3.8, 4) is 5.75 Å². The zero-order valence-corrected chi connectivity index (χ0v) is 11.1. The third kappa shape index (κ3) is 4.75. The molecule has 0 heterocycles. The van der Waals surface area contributed by atoms with Crippen LogP contribution in [0.4, 0.5) is 0 Å². The topological polar surface area (TPSA) is 58.6 Å². The van der Waals surface area contributed by atoms with Gasteiger partial charge in [-0.1, -0.05) is 19.1 Å². The lowest BCUT2D eigenvalue weighted by Crippen LogP contribution is -2.23. The Hall–Kier alpha value is -1.55. The number of carboxylic acids is 1. The van der Waals surface area contributed by atoms with Gasteiger partial charge in [0, 0.05) is 6.04 Å². The highest BCUT2D eigenvalue weighted by Crippen LogP contribution is 2.22. The fourth-order valence-corrected chi connectivity index (χ4v) is 1.81. The van der Waals surface area contributed by atoms with Gasteiger partial charge in [0.15, 0.2) is 0 Å². The van der Waals surface area contributed by atoms with Gasteiger partial charge in [-0.05, 0) is 38.1 Å². The molecule has 0 radical (unpaired) electrons. The van der Waals surface area contributed by atoms with E-state index in [1.54, 1.807) is 0 Å². The van der Waals surface area contributed by atoms with E-state index in [9.17, 15) is 4.79 Å². The summed E-state index contributed by atoms with van der Waals surface area (Å²) in [6.07, 6.45) is 0.177. The summed E-state index contributed by atoms with van der Waals surface area (Å²) in [6.45, 7) is 6.62. The van der Waals surface area contributed by atoms with Crippen LogP contribution in [0.5, 0.6) is 5.75 Å². The van der Waals surface area contributed by atoms with Crippen LogP contribution >= 0.6 is 0 Å². The Balaban J connectivity index is 2.86. The number of rotatable bonds is 7. The molecule has 0 aliphatic rings. The Kier molecular flexibility index (Phi) is 5.65. The number of aliphatic carboxylic acids is 1. The lowest BCUT2D eigenvalue weighted by Gasteiger charge is -2.18. The molecule has 1 rings (SSSR count). The van der Waals surface area contributed by atoms with Crippen LogP contribution in [0.3, 0.4) is 0 Å². The van der Waals surface area contributed by atoms with Gasteiger partial charge < -0.3 is 15.2 Å². The third-order valence-corrected chi connectivity index (χ3v) is 2.46. The van der Waals surface area contributed by atoms with Crippen molar-refractivity contribution in [3.05, 3.63) is 29.8 Å². The molecule has 0 saturated heterocycles. The van der Waals surface area contributed by atoms with Crippen LogP contribution in [-0.2, 0) is 4.79 Å². The minimum atomic E-state index is -0.809. The molecule has 18 heavy (non-hydrogen) atoms. The standard InChI is InChI=1S/C14H21NO3/c1-4-15-13(9-14(16)17)11-6-5-7-12(8-11)18-10(2)3/h5-8,10,13,15H,4,9H2,1-3H3,(H,16,17). The zero-order chi connectivity index (χ0) is 13.5. The van der Waals surface area contributed by atoms with Gasteiger partial charge in [0.1, 0.15) is 5.75 Å². The first-order valence-corrected chi connectivity index (χ1v) is 6.24. The minimum absolute atomic E-state index is 0.0684. The minimum Gasteiger partial charge on any atom is -0.491 e. The van der Waals surface area contributed by atoms with Gasteiger partial charge >= 0.3 is 5.97 Å². The van der Waals surface area contributed by atoms with E-state index in [2.05, 4.69) is 5.32 Å². The molecule has 4 nitrogen and oxygen atoms in total. The van der Waals surface area contributed by atoms with Gasteiger partial charge in [-0.2, -0.15) is 0 Å². The summed E-state index contributed by atoms with van der Waals surface area (Å²) in [5.74, 6) is -0.0353. The number of carboxylic acid groups (broad SMARTS) is 1. The molecule has 2 N–H and O–H groups in total. The summed E-state index contributed by atoms with van der Waals surface area (Å²) in [4.78, 5) is 10.8. The summed E-state index contributed by atoms with van der Waals surface area (Å²) in [5.41, 5.74) is 0.942. The van der Waals surface area contributed by atoms with E-state index in [1.165, 1.54) is 0 Å². The van der Waals surface area contributed by atoms with E-state index in [1.807, 2.05) is 45.0 Å². The van der Waals surface area contributed by atoms with Crippen molar-refractivity contribution in [2.45, 2.75) is 39.3 Å². The quantitative estimate of drug-likeness (QED) is 0.782. The fraction of sp³-hybridized carbons (Fsp3) is 0.500. The molecule has 100 valence electrons. The van der Waals surface area contributed by atoms with E-state index in [4.69, 9.17) is 9.84 Å². The normalized spacial score (nSPS) is 12.4. The van der Waals surface area contributed by atoms with Crippen molar-refractivity contribution in [1.82, 2.24) is 5.32 Å². The van der Waals surface area contributed by atoms with Gasteiger partial charge in [-0.3, -0.25) is 4.79 Å². The smallest absolute Gasteiger partial charge is 0.305 e. The highest BCUT2D eigenvalue weighted by Gasteiger charge is 2.15. The van der Waals surface area contributed by atoms with Crippen LogP contribution in [-0.4, -0.2) is 23.7 Å². The second-order valence-electron chi connectivity index (χ2n) is 4.45. The van der Waals surface area contributed by atoms with Crippen LogP contribution in [0.15, 0.2) is 24.3 Å². The van der Waals surface area contributed by atoms with Gasteiger partial charge in [-0.15, -0.1) is 0 Å². The van der Waals surface area contributed by atoms with E-state index in [0.29, 0.717) is 0 Å². The number of ether oxygens (including phenoxy) is 1. The average Bonchev–Trinajstić information content (AvgIpc) is 2.27. The first-order valence-electron chi connectivity index (χ1n) is 6.24. The molecule has 1 aromatic rings. The molecule has 0 aliphatic carbocycles. The first kappa shape index (κ1) is 14.5. The second kappa shape index (κ2) is 7.01. The Morgan fingerprint density at radius 2 is 2.17 bits per heavy atom. The first-order chi connectivity index (χ1) is 8.52. The largest absolute Gasteiger partial charge is 0.491 e. The van der Waals surface area contributed by atoms with Crippen LogP contribution in [0.25, 0.3) is 0 Å². The molecule has 0 saturated carbocycles. The molecular weight excluding hydrogens is 230 g/mol. The summed E-state index contributed by atoms with van der Waals surface area (Å²) < 4.78 is 5.61. The Morgan fingerprint density at radius 3 is 2.72 bits per heavy atom. The maximum absolute atomic E-state index is 10.8. The summed E-state index contributed by atoms with van der Waals surface area (Å²) in [7, 11) is 0. The van der Waals surface area contributed by atoms with Crippen LogP contribution in [0, 0.1) is 0 Å². The zero-order valence-electron chi connectivity index (χ0n) is 11.1. The van der Waals surface area contributed by atoms with Crippen molar-refractivity contribution in [1.29, 1.82) is 0 Å². The average molecular weight is 251 g/mol. The van der Waals surface area contributed by atoms with E-state index >= 15 is 0 Å². The molecule has 0 amide bonds. The predicted molar refractivity (Wildman–Crippen MR) is 70.9 cm³/mol. The van der Waals surface area contributed by atoms with E-state index < -0.39 is 5.97 Å². The Labute approximate surface area is 108 Å². The molecule has 0 aromatic heterocycles. The van der Waals surface area contributed by atoms with Crippen molar-refractivity contribution in [2.75, 3.05) is 6.54 Å². The Bertz CT molecular complexity index is 390. The summed E-state index contributed by atoms with van der Waals surface area (Å²) >= 11 is 0. The molecule has 1 unspecified atom stereocenters. The van der Waals surface area contributed by atoms with Crippen molar-refractivity contribution in [2.24, 2.45) is 0 Å². The monoisotopic (exact) mass is 251 g/mol.